The summed E-state index contributed by atoms with van der Waals surface area (Å²) < 4.78 is 26.4. The zero-order valence-electron chi connectivity index (χ0n) is 13.8. The van der Waals surface area contributed by atoms with E-state index < -0.39 is 17.5 Å². The monoisotopic (exact) mass is 406 g/mol. The normalized spacial score (nSPS) is 10.5. The number of hydrogen-bond donors (Lipinski definition) is 2. The number of nitrogens with one attached hydrogen (secondary N) is 2. The Bertz CT molecular complexity index is 973. The molecule has 0 fully saturated rings. The minimum absolute atomic E-state index is 0.0486. The van der Waals surface area contributed by atoms with Gasteiger partial charge in [-0.1, -0.05) is 17.7 Å². The summed E-state index contributed by atoms with van der Waals surface area (Å²) in [5, 5.41) is 7.28. The van der Waals surface area contributed by atoms with Crippen molar-refractivity contribution in [3.63, 3.8) is 0 Å². The van der Waals surface area contributed by atoms with E-state index in [0.29, 0.717) is 16.1 Å². The summed E-state index contributed by atoms with van der Waals surface area (Å²) in [4.78, 5) is 25.0. The molecule has 3 aromatic rings. The highest BCUT2D eigenvalue weighted by atomic mass is 35.5. The Morgan fingerprint density at radius 2 is 1.74 bits per heavy atom. The Labute approximate surface area is 162 Å². The fraction of sp³-hybridized carbons (Fsp3) is 0.0526. The van der Waals surface area contributed by atoms with Gasteiger partial charge in [-0.25, -0.2) is 8.78 Å². The summed E-state index contributed by atoms with van der Waals surface area (Å²) in [5.74, 6) is -2.24. The highest BCUT2D eigenvalue weighted by molar-refractivity contribution is 7.12. The zero-order valence-corrected chi connectivity index (χ0v) is 15.3. The number of carbonyl (C=O) groups excluding carboxylic acids is 2. The van der Waals surface area contributed by atoms with Gasteiger partial charge in [0.05, 0.1) is 15.6 Å². The van der Waals surface area contributed by atoms with Gasteiger partial charge in [-0.05, 0) is 47.3 Å². The van der Waals surface area contributed by atoms with Crippen molar-refractivity contribution in [2.24, 2.45) is 0 Å². The molecule has 4 nitrogen and oxygen atoms in total. The second kappa shape index (κ2) is 8.28. The molecule has 0 unspecified atom stereocenters. The number of thiophene rings is 1. The third kappa shape index (κ3) is 4.90. The molecule has 3 rings (SSSR count). The molecule has 0 bridgehead atoms. The lowest BCUT2D eigenvalue weighted by atomic mass is 10.1. The second-order valence-corrected chi connectivity index (χ2v) is 6.94. The first-order valence-electron chi connectivity index (χ1n) is 7.80. The lowest BCUT2D eigenvalue weighted by Gasteiger charge is -2.10. The van der Waals surface area contributed by atoms with E-state index >= 15 is 0 Å². The van der Waals surface area contributed by atoms with Crippen LogP contribution in [0.2, 0.25) is 5.02 Å². The van der Waals surface area contributed by atoms with Crippen LogP contribution in [0.4, 0.5) is 14.5 Å². The highest BCUT2D eigenvalue weighted by Gasteiger charge is 2.13. The lowest BCUT2D eigenvalue weighted by molar-refractivity contribution is 0.0949. The fourth-order valence-electron chi connectivity index (χ4n) is 2.35. The maximum Gasteiger partial charge on any atom is 0.265 e. The van der Waals surface area contributed by atoms with Crippen molar-refractivity contribution in [2.75, 3.05) is 5.32 Å². The highest BCUT2D eigenvalue weighted by Crippen LogP contribution is 2.24. The third-order valence-corrected chi connectivity index (χ3v) is 4.80. The molecular weight excluding hydrogens is 394 g/mol. The van der Waals surface area contributed by atoms with Crippen LogP contribution in [0.15, 0.2) is 53.9 Å². The van der Waals surface area contributed by atoms with Crippen LogP contribution in [0.1, 0.15) is 25.6 Å². The summed E-state index contributed by atoms with van der Waals surface area (Å²) in [6, 6.07) is 10.9. The van der Waals surface area contributed by atoms with E-state index in [-0.39, 0.29) is 23.0 Å². The van der Waals surface area contributed by atoms with Crippen LogP contribution >= 0.6 is 22.9 Å². The Balaban J connectivity index is 1.70. The standard InChI is InChI=1S/C19H13ClF2N2O2S/c20-15-4-3-12(8-16(15)24-19(26)17-2-1-5-27-17)18(25)23-10-11-6-13(21)9-14(22)7-11/h1-9H,10H2,(H,23,25)(H,24,26). The summed E-state index contributed by atoms with van der Waals surface area (Å²) >= 11 is 7.37. The van der Waals surface area contributed by atoms with Crippen LogP contribution in [0.3, 0.4) is 0 Å². The fourth-order valence-corrected chi connectivity index (χ4v) is 3.14. The molecule has 8 heteroatoms. The number of amides is 2. The molecule has 0 spiro atoms. The first-order valence-corrected chi connectivity index (χ1v) is 9.06. The van der Waals surface area contributed by atoms with Gasteiger partial charge in [0.1, 0.15) is 11.6 Å². The van der Waals surface area contributed by atoms with Crippen LogP contribution in [-0.4, -0.2) is 11.8 Å². The summed E-state index contributed by atoms with van der Waals surface area (Å²) in [6.07, 6.45) is 0. The molecule has 0 aliphatic heterocycles. The zero-order chi connectivity index (χ0) is 19.4. The van der Waals surface area contributed by atoms with E-state index in [1.807, 2.05) is 0 Å². The van der Waals surface area contributed by atoms with Crippen molar-refractivity contribution in [3.8, 4) is 0 Å². The molecule has 0 saturated carbocycles. The molecule has 0 aliphatic carbocycles. The molecule has 0 saturated heterocycles. The van der Waals surface area contributed by atoms with Gasteiger partial charge in [0.15, 0.2) is 0 Å². The maximum atomic E-state index is 13.2. The molecule has 0 radical (unpaired) electrons. The van der Waals surface area contributed by atoms with Gasteiger partial charge in [-0.3, -0.25) is 9.59 Å². The summed E-state index contributed by atoms with van der Waals surface area (Å²) in [5.41, 5.74) is 0.832. The Morgan fingerprint density at radius 1 is 1.00 bits per heavy atom. The average Bonchev–Trinajstić information content (AvgIpc) is 3.15. The number of halogens is 3. The van der Waals surface area contributed by atoms with Crippen molar-refractivity contribution >= 4 is 40.4 Å². The topological polar surface area (TPSA) is 58.2 Å². The summed E-state index contributed by atoms with van der Waals surface area (Å²) in [7, 11) is 0. The first kappa shape index (κ1) is 19.0. The van der Waals surface area contributed by atoms with E-state index in [1.54, 1.807) is 17.5 Å². The van der Waals surface area contributed by atoms with Crippen molar-refractivity contribution in [3.05, 3.63) is 86.6 Å². The predicted octanol–water partition coefficient (Wildman–Crippen LogP) is 4.86. The smallest absolute Gasteiger partial charge is 0.265 e. The number of hydrogen-bond acceptors (Lipinski definition) is 3. The molecule has 2 N–H and O–H groups in total. The summed E-state index contributed by atoms with van der Waals surface area (Å²) in [6.45, 7) is -0.0486. The minimum Gasteiger partial charge on any atom is -0.348 e. The van der Waals surface area contributed by atoms with E-state index in [9.17, 15) is 18.4 Å². The molecule has 2 aromatic carbocycles. The second-order valence-electron chi connectivity index (χ2n) is 5.59. The molecule has 1 aromatic heterocycles. The van der Waals surface area contributed by atoms with E-state index in [1.165, 1.54) is 29.5 Å². The van der Waals surface area contributed by atoms with Gasteiger partial charge >= 0.3 is 0 Å². The van der Waals surface area contributed by atoms with Crippen LogP contribution in [0.25, 0.3) is 0 Å². The quantitative estimate of drug-likeness (QED) is 0.635. The van der Waals surface area contributed by atoms with Crippen molar-refractivity contribution < 1.29 is 18.4 Å². The van der Waals surface area contributed by atoms with Gasteiger partial charge in [-0.2, -0.15) is 0 Å². The third-order valence-electron chi connectivity index (χ3n) is 3.60. The molecule has 138 valence electrons. The van der Waals surface area contributed by atoms with Crippen molar-refractivity contribution in [1.82, 2.24) is 5.32 Å². The Morgan fingerprint density at radius 3 is 2.41 bits per heavy atom. The molecular formula is C19H13ClF2N2O2S. The van der Waals surface area contributed by atoms with Crippen molar-refractivity contribution in [1.29, 1.82) is 0 Å². The van der Waals surface area contributed by atoms with Gasteiger partial charge in [-0.15, -0.1) is 11.3 Å². The van der Waals surface area contributed by atoms with E-state index in [0.717, 1.165) is 18.2 Å². The Kier molecular flexibility index (Phi) is 5.83. The van der Waals surface area contributed by atoms with Crippen LogP contribution in [0.5, 0.6) is 0 Å². The number of rotatable bonds is 5. The van der Waals surface area contributed by atoms with Gasteiger partial charge < -0.3 is 10.6 Å². The van der Waals surface area contributed by atoms with Crippen molar-refractivity contribution in [2.45, 2.75) is 6.54 Å². The molecule has 1 heterocycles. The maximum absolute atomic E-state index is 13.2. The molecule has 27 heavy (non-hydrogen) atoms. The predicted molar refractivity (Wildman–Crippen MR) is 101 cm³/mol. The van der Waals surface area contributed by atoms with Gasteiger partial charge in [0, 0.05) is 18.2 Å². The van der Waals surface area contributed by atoms with Gasteiger partial charge in [0.2, 0.25) is 0 Å². The Hall–Kier alpha value is -2.77. The number of benzene rings is 2. The van der Waals surface area contributed by atoms with Crippen LogP contribution < -0.4 is 10.6 Å². The molecule has 0 aliphatic rings. The van der Waals surface area contributed by atoms with E-state index in [4.69, 9.17) is 11.6 Å². The minimum atomic E-state index is -0.718. The molecule has 2 amide bonds. The van der Waals surface area contributed by atoms with Crippen LogP contribution in [0, 0.1) is 11.6 Å². The number of carbonyl (C=O) groups is 2. The SMILES string of the molecule is O=C(NCc1cc(F)cc(F)c1)c1ccc(Cl)c(NC(=O)c2cccs2)c1. The molecule has 0 atom stereocenters. The lowest BCUT2D eigenvalue weighted by Crippen LogP contribution is -2.23. The van der Waals surface area contributed by atoms with Crippen LogP contribution in [-0.2, 0) is 6.54 Å². The largest absolute Gasteiger partial charge is 0.348 e. The van der Waals surface area contributed by atoms with Gasteiger partial charge in [0.25, 0.3) is 11.8 Å². The average molecular weight is 407 g/mol. The first-order chi connectivity index (χ1) is 12.9. The van der Waals surface area contributed by atoms with E-state index in [2.05, 4.69) is 10.6 Å². The number of anilines is 1.